The van der Waals surface area contributed by atoms with Crippen LogP contribution in [0.4, 0.5) is 0 Å². The average molecular weight is 233 g/mol. The van der Waals surface area contributed by atoms with Crippen molar-refractivity contribution in [3.05, 3.63) is 12.7 Å². The molecule has 0 spiro atoms. The molecule has 5 heteroatoms. The second kappa shape index (κ2) is 5.53. The maximum Gasteiger partial charge on any atom is 0.325 e. The molecule has 88 valence electrons. The fourth-order valence-electron chi connectivity index (χ4n) is 0.811. The second-order valence-electron chi connectivity index (χ2n) is 4.41. The zero-order chi connectivity index (χ0) is 12.2. The monoisotopic (exact) mass is 233 g/mol. The van der Waals surface area contributed by atoms with Crippen molar-refractivity contribution in [2.45, 2.75) is 38.5 Å². The van der Waals surface area contributed by atoms with E-state index in [9.17, 15) is 9.35 Å². The van der Waals surface area contributed by atoms with Gasteiger partial charge >= 0.3 is 5.97 Å². The predicted molar refractivity (Wildman–Crippen MR) is 61.8 cm³/mol. The number of carboxylic acids is 1. The van der Waals surface area contributed by atoms with Crippen LogP contribution in [0.3, 0.4) is 0 Å². The third-order valence-electron chi connectivity index (χ3n) is 1.95. The molecule has 0 aromatic rings. The van der Waals surface area contributed by atoms with Crippen molar-refractivity contribution in [1.82, 2.24) is 4.72 Å². The molecule has 15 heavy (non-hydrogen) atoms. The van der Waals surface area contributed by atoms with Crippen LogP contribution in [0, 0.1) is 5.92 Å². The quantitative estimate of drug-likeness (QED) is 0.555. The fourth-order valence-corrected chi connectivity index (χ4v) is 1.71. The summed E-state index contributed by atoms with van der Waals surface area (Å²) in [7, 11) is 0. The molecule has 2 unspecified atom stereocenters. The molecule has 0 aliphatic rings. The largest absolute Gasteiger partial charge is 0.598 e. The molecule has 3 atom stereocenters. The van der Waals surface area contributed by atoms with Gasteiger partial charge < -0.3 is 9.66 Å². The molecule has 0 fully saturated rings. The molecule has 0 bridgehead atoms. The molecule has 0 radical (unpaired) electrons. The maximum absolute atomic E-state index is 11.7. The van der Waals surface area contributed by atoms with E-state index in [0.29, 0.717) is 0 Å². The minimum absolute atomic E-state index is 0.270. The van der Waals surface area contributed by atoms with Crippen molar-refractivity contribution in [2.75, 3.05) is 0 Å². The summed E-state index contributed by atoms with van der Waals surface area (Å²) in [5.41, 5.74) is 0. The molecule has 0 aliphatic heterocycles. The van der Waals surface area contributed by atoms with Gasteiger partial charge in [0.05, 0.1) is 0 Å². The normalized spacial score (nSPS) is 17.9. The standard InChI is InChI=1S/C10H19NO3S/c1-6-7(2)8(9(12)13)11-15(14)10(3,4)5/h6-8,11H,1H2,2-5H3,(H,12,13)/t7?,8?,15-/m0/s1. The van der Waals surface area contributed by atoms with E-state index < -0.39 is 28.1 Å². The van der Waals surface area contributed by atoms with Gasteiger partial charge in [-0.1, -0.05) is 13.0 Å². The summed E-state index contributed by atoms with van der Waals surface area (Å²) in [6, 6.07) is -0.859. The summed E-state index contributed by atoms with van der Waals surface area (Å²) in [4.78, 5) is 10.9. The van der Waals surface area contributed by atoms with E-state index in [0.717, 1.165) is 0 Å². The first kappa shape index (κ1) is 14.5. The minimum Gasteiger partial charge on any atom is -0.598 e. The number of rotatable bonds is 5. The molecule has 0 aromatic carbocycles. The highest BCUT2D eigenvalue weighted by atomic mass is 32.2. The molecule has 0 aromatic heterocycles. The summed E-state index contributed by atoms with van der Waals surface area (Å²) < 4.78 is 13.8. The van der Waals surface area contributed by atoms with Gasteiger partial charge in [0.2, 0.25) is 0 Å². The first-order chi connectivity index (χ1) is 6.70. The lowest BCUT2D eigenvalue weighted by atomic mass is 10.0. The Hall–Kier alpha value is -0.520. The molecule has 0 saturated carbocycles. The second-order valence-corrected chi connectivity index (χ2v) is 6.41. The minimum atomic E-state index is -1.39. The molecule has 0 aliphatic carbocycles. The van der Waals surface area contributed by atoms with E-state index in [1.54, 1.807) is 27.7 Å². The fraction of sp³-hybridized carbons (Fsp3) is 0.700. The molecule has 0 amide bonds. The lowest BCUT2D eigenvalue weighted by Crippen LogP contribution is -2.50. The van der Waals surface area contributed by atoms with Crippen molar-refractivity contribution >= 4 is 17.3 Å². The highest BCUT2D eigenvalue weighted by molar-refractivity contribution is 7.90. The number of nitrogens with one attached hydrogen (secondary N) is 1. The molecule has 0 rings (SSSR count). The van der Waals surface area contributed by atoms with Gasteiger partial charge in [-0.05, 0) is 20.8 Å². The lowest BCUT2D eigenvalue weighted by molar-refractivity contribution is -0.139. The first-order valence-corrected chi connectivity index (χ1v) is 5.88. The van der Waals surface area contributed by atoms with Crippen LogP contribution < -0.4 is 4.72 Å². The van der Waals surface area contributed by atoms with Gasteiger partial charge in [0.15, 0.2) is 6.04 Å². The Morgan fingerprint density at radius 1 is 1.60 bits per heavy atom. The molecular weight excluding hydrogens is 214 g/mol. The summed E-state index contributed by atoms with van der Waals surface area (Å²) >= 11 is -1.39. The number of hydrogen-bond acceptors (Lipinski definition) is 3. The predicted octanol–water partition coefficient (Wildman–Crippen LogP) is 1.31. The van der Waals surface area contributed by atoms with Crippen LogP contribution in [0.25, 0.3) is 0 Å². The van der Waals surface area contributed by atoms with E-state index >= 15 is 0 Å². The Labute approximate surface area is 94.1 Å². The van der Waals surface area contributed by atoms with E-state index in [4.69, 9.17) is 5.11 Å². The molecular formula is C10H19NO3S. The van der Waals surface area contributed by atoms with Gasteiger partial charge in [-0.25, -0.2) is 0 Å². The number of aliphatic carboxylic acids is 1. The van der Waals surface area contributed by atoms with E-state index in [-0.39, 0.29) is 5.92 Å². The Morgan fingerprint density at radius 3 is 2.33 bits per heavy atom. The zero-order valence-electron chi connectivity index (χ0n) is 9.61. The van der Waals surface area contributed by atoms with Gasteiger partial charge in [-0.2, -0.15) is 0 Å². The van der Waals surface area contributed by atoms with Crippen molar-refractivity contribution in [2.24, 2.45) is 5.92 Å². The molecule has 2 N–H and O–H groups in total. The van der Waals surface area contributed by atoms with E-state index in [1.807, 2.05) is 0 Å². The van der Waals surface area contributed by atoms with Crippen molar-refractivity contribution in [3.63, 3.8) is 0 Å². The number of carboxylic acid groups (broad SMARTS) is 1. The molecule has 4 nitrogen and oxygen atoms in total. The first-order valence-electron chi connectivity index (χ1n) is 4.73. The topological polar surface area (TPSA) is 72.4 Å². The lowest BCUT2D eigenvalue weighted by Gasteiger charge is -2.27. The summed E-state index contributed by atoms with van der Waals surface area (Å²) in [5.74, 6) is -1.28. The van der Waals surface area contributed by atoms with Crippen molar-refractivity contribution in [3.8, 4) is 0 Å². The van der Waals surface area contributed by atoms with E-state index in [1.165, 1.54) is 6.08 Å². The zero-order valence-corrected chi connectivity index (χ0v) is 10.4. The smallest absolute Gasteiger partial charge is 0.325 e. The maximum atomic E-state index is 11.7. The highest BCUT2D eigenvalue weighted by Gasteiger charge is 2.34. The SMILES string of the molecule is C=CC(C)C(N[S@@+]([O-])C(C)(C)C)C(=O)O. The van der Waals surface area contributed by atoms with Gasteiger partial charge in [0.1, 0.15) is 4.75 Å². The average Bonchev–Trinajstić information content (AvgIpc) is 2.10. The third kappa shape index (κ3) is 4.68. The van der Waals surface area contributed by atoms with Crippen LogP contribution in [0.15, 0.2) is 12.7 Å². The molecule has 0 heterocycles. The Kier molecular flexibility index (Phi) is 5.34. The summed E-state index contributed by atoms with van der Waals surface area (Å²) in [6.07, 6.45) is 1.53. The van der Waals surface area contributed by atoms with Gasteiger partial charge in [-0.15, -0.1) is 11.3 Å². The summed E-state index contributed by atoms with van der Waals surface area (Å²) in [6.45, 7) is 10.6. The Morgan fingerprint density at radius 2 is 2.07 bits per heavy atom. The highest BCUT2D eigenvalue weighted by Crippen LogP contribution is 2.16. The number of hydrogen-bond donors (Lipinski definition) is 2. The summed E-state index contributed by atoms with van der Waals surface area (Å²) in [5, 5.41) is 8.94. The van der Waals surface area contributed by atoms with Crippen LogP contribution in [0.2, 0.25) is 0 Å². The van der Waals surface area contributed by atoms with Crippen molar-refractivity contribution < 1.29 is 14.5 Å². The van der Waals surface area contributed by atoms with Gasteiger partial charge in [0, 0.05) is 17.3 Å². The van der Waals surface area contributed by atoms with Crippen molar-refractivity contribution in [1.29, 1.82) is 0 Å². The van der Waals surface area contributed by atoms with Crippen LogP contribution in [-0.4, -0.2) is 26.4 Å². The molecule has 0 saturated heterocycles. The van der Waals surface area contributed by atoms with Gasteiger partial charge in [0.25, 0.3) is 0 Å². The van der Waals surface area contributed by atoms with Crippen LogP contribution in [0.1, 0.15) is 27.7 Å². The van der Waals surface area contributed by atoms with Crippen LogP contribution in [0.5, 0.6) is 0 Å². The van der Waals surface area contributed by atoms with Crippen LogP contribution >= 0.6 is 0 Å². The van der Waals surface area contributed by atoms with Crippen LogP contribution in [-0.2, 0) is 16.2 Å². The number of carbonyl (C=O) groups is 1. The Bertz CT molecular complexity index is 237. The third-order valence-corrected chi connectivity index (χ3v) is 3.53. The van der Waals surface area contributed by atoms with Gasteiger partial charge in [-0.3, -0.25) is 4.79 Å². The van der Waals surface area contributed by atoms with E-state index in [2.05, 4.69) is 11.3 Å². The Balaban J connectivity index is 4.56.